The third-order valence-electron chi connectivity index (χ3n) is 3.15. The Morgan fingerprint density at radius 3 is 2.67 bits per heavy atom. The van der Waals surface area contributed by atoms with Crippen molar-refractivity contribution < 1.29 is 4.79 Å². The largest absolute Gasteiger partial charge is 0.333 e. The molecule has 4 heteroatoms. The smallest absolute Gasteiger partial charge is 0.324 e. The van der Waals surface area contributed by atoms with Crippen LogP contribution in [-0.2, 0) is 4.79 Å². The minimum atomic E-state index is -0.428. The fraction of sp³-hybridized carbons (Fsp3) is 0.818. The fourth-order valence-corrected chi connectivity index (χ4v) is 1.91. The van der Waals surface area contributed by atoms with Gasteiger partial charge in [-0.2, -0.15) is 5.26 Å². The lowest BCUT2D eigenvalue weighted by atomic mass is 9.94. The lowest BCUT2D eigenvalue weighted by Crippen LogP contribution is -2.33. The number of carbonyl (C=O) groups excluding carboxylic acids is 1. The SMILES string of the molecule is CN1CCC(CCN(C)C(=O)C#N)CC1. The van der Waals surface area contributed by atoms with E-state index in [2.05, 4.69) is 11.9 Å². The maximum absolute atomic E-state index is 11.0. The molecule has 1 fully saturated rings. The molecular formula is C11H19N3O. The molecule has 1 heterocycles. The van der Waals surface area contributed by atoms with Crippen LogP contribution in [0.1, 0.15) is 19.3 Å². The summed E-state index contributed by atoms with van der Waals surface area (Å²) in [6.07, 6.45) is 3.45. The molecule has 0 aromatic heterocycles. The average Bonchev–Trinajstić information content (AvgIpc) is 2.26. The van der Waals surface area contributed by atoms with Crippen LogP contribution in [0.5, 0.6) is 0 Å². The molecule has 0 radical (unpaired) electrons. The van der Waals surface area contributed by atoms with E-state index in [0.29, 0.717) is 6.54 Å². The number of likely N-dealkylation sites (tertiary alicyclic amines) is 1. The molecule has 0 atom stereocenters. The van der Waals surface area contributed by atoms with Gasteiger partial charge in [-0.25, -0.2) is 0 Å². The number of amides is 1. The van der Waals surface area contributed by atoms with Crippen LogP contribution in [0, 0.1) is 17.2 Å². The molecule has 1 rings (SSSR count). The van der Waals surface area contributed by atoms with Gasteiger partial charge in [-0.3, -0.25) is 4.79 Å². The molecule has 84 valence electrons. The van der Waals surface area contributed by atoms with Crippen LogP contribution in [-0.4, -0.2) is 49.4 Å². The summed E-state index contributed by atoms with van der Waals surface area (Å²) in [6, 6.07) is 1.64. The number of nitrogens with zero attached hydrogens (tertiary/aromatic N) is 3. The number of rotatable bonds is 3. The standard InChI is InChI=1S/C11H19N3O/c1-13-6-3-10(4-7-13)5-8-14(2)11(15)9-12/h10H,3-8H2,1-2H3. The van der Waals surface area contributed by atoms with Crippen molar-refractivity contribution in [3.05, 3.63) is 0 Å². The molecule has 0 aromatic rings. The minimum Gasteiger partial charge on any atom is -0.333 e. The number of piperidine rings is 1. The Hall–Kier alpha value is -1.08. The van der Waals surface area contributed by atoms with Crippen LogP contribution >= 0.6 is 0 Å². The lowest BCUT2D eigenvalue weighted by molar-refractivity contribution is -0.124. The molecule has 0 saturated carbocycles. The summed E-state index contributed by atoms with van der Waals surface area (Å²) < 4.78 is 0. The van der Waals surface area contributed by atoms with Crippen molar-refractivity contribution in [2.75, 3.05) is 33.7 Å². The summed E-state index contributed by atoms with van der Waals surface area (Å²) in [7, 11) is 3.84. The average molecular weight is 209 g/mol. The minimum absolute atomic E-state index is 0.428. The van der Waals surface area contributed by atoms with Crippen molar-refractivity contribution in [3.8, 4) is 6.07 Å². The van der Waals surface area contributed by atoms with Gasteiger partial charge in [0.25, 0.3) is 0 Å². The topological polar surface area (TPSA) is 47.3 Å². The van der Waals surface area contributed by atoms with Crippen molar-refractivity contribution >= 4 is 5.91 Å². The first-order valence-corrected chi connectivity index (χ1v) is 5.47. The molecule has 0 N–H and O–H groups in total. The van der Waals surface area contributed by atoms with Gasteiger partial charge in [0.2, 0.25) is 0 Å². The van der Waals surface area contributed by atoms with E-state index in [0.717, 1.165) is 25.4 Å². The van der Waals surface area contributed by atoms with Gasteiger partial charge in [-0.15, -0.1) is 0 Å². The van der Waals surface area contributed by atoms with Gasteiger partial charge in [0.15, 0.2) is 6.07 Å². The zero-order valence-electron chi connectivity index (χ0n) is 9.57. The molecule has 1 aliphatic heterocycles. The monoisotopic (exact) mass is 209 g/mol. The molecule has 4 nitrogen and oxygen atoms in total. The van der Waals surface area contributed by atoms with Crippen molar-refractivity contribution in [3.63, 3.8) is 0 Å². The van der Waals surface area contributed by atoms with E-state index in [1.807, 2.05) is 0 Å². The third kappa shape index (κ3) is 3.88. The molecule has 1 aliphatic rings. The van der Waals surface area contributed by atoms with E-state index in [1.165, 1.54) is 17.7 Å². The van der Waals surface area contributed by atoms with Crippen molar-refractivity contribution in [1.29, 1.82) is 5.26 Å². The van der Waals surface area contributed by atoms with E-state index in [9.17, 15) is 4.79 Å². The maximum Gasteiger partial charge on any atom is 0.324 e. The molecule has 0 unspecified atom stereocenters. The van der Waals surface area contributed by atoms with Crippen LogP contribution in [0.4, 0.5) is 0 Å². The van der Waals surface area contributed by atoms with E-state index < -0.39 is 5.91 Å². The highest BCUT2D eigenvalue weighted by Gasteiger charge is 2.17. The second-order valence-corrected chi connectivity index (χ2v) is 4.37. The van der Waals surface area contributed by atoms with Crippen LogP contribution in [0.25, 0.3) is 0 Å². The Morgan fingerprint density at radius 2 is 2.13 bits per heavy atom. The Bertz CT molecular complexity index is 251. The third-order valence-corrected chi connectivity index (χ3v) is 3.15. The van der Waals surface area contributed by atoms with Crippen LogP contribution in [0.3, 0.4) is 0 Å². The molecule has 1 saturated heterocycles. The number of hydrogen-bond acceptors (Lipinski definition) is 3. The molecule has 0 aromatic carbocycles. The van der Waals surface area contributed by atoms with Crippen LogP contribution < -0.4 is 0 Å². The van der Waals surface area contributed by atoms with Gasteiger partial charge in [-0.05, 0) is 45.3 Å². The van der Waals surface area contributed by atoms with Gasteiger partial charge in [0, 0.05) is 13.6 Å². The summed E-state index contributed by atoms with van der Waals surface area (Å²) in [6.45, 7) is 3.02. The summed E-state index contributed by atoms with van der Waals surface area (Å²) in [5.74, 6) is 0.290. The number of carbonyl (C=O) groups is 1. The highest BCUT2D eigenvalue weighted by Crippen LogP contribution is 2.19. The van der Waals surface area contributed by atoms with Gasteiger partial charge in [0.1, 0.15) is 0 Å². The van der Waals surface area contributed by atoms with E-state index in [-0.39, 0.29) is 0 Å². The zero-order valence-corrected chi connectivity index (χ0v) is 9.57. The summed E-state index contributed by atoms with van der Waals surface area (Å²) in [5, 5.41) is 8.43. The van der Waals surface area contributed by atoms with Crippen LogP contribution in [0.2, 0.25) is 0 Å². The summed E-state index contributed by atoms with van der Waals surface area (Å²) in [5.41, 5.74) is 0. The molecule has 15 heavy (non-hydrogen) atoms. The highest BCUT2D eigenvalue weighted by atomic mass is 16.2. The summed E-state index contributed by atoms with van der Waals surface area (Å²) >= 11 is 0. The second-order valence-electron chi connectivity index (χ2n) is 4.37. The predicted molar refractivity (Wildman–Crippen MR) is 58.1 cm³/mol. The maximum atomic E-state index is 11.0. The zero-order chi connectivity index (χ0) is 11.3. The Kier molecular flexibility index (Phi) is 4.57. The van der Waals surface area contributed by atoms with Gasteiger partial charge in [-0.1, -0.05) is 0 Å². The molecular weight excluding hydrogens is 190 g/mol. The Labute approximate surface area is 91.5 Å². The quantitative estimate of drug-likeness (QED) is 0.643. The van der Waals surface area contributed by atoms with Crippen molar-refractivity contribution in [1.82, 2.24) is 9.80 Å². The first-order chi connectivity index (χ1) is 7.13. The van der Waals surface area contributed by atoms with Crippen LogP contribution in [0.15, 0.2) is 0 Å². The van der Waals surface area contributed by atoms with Crippen molar-refractivity contribution in [2.45, 2.75) is 19.3 Å². The second kappa shape index (κ2) is 5.72. The lowest BCUT2D eigenvalue weighted by Gasteiger charge is -2.29. The Balaban J connectivity index is 2.20. The normalized spacial score (nSPS) is 18.5. The van der Waals surface area contributed by atoms with E-state index in [1.54, 1.807) is 13.1 Å². The molecule has 0 bridgehead atoms. The van der Waals surface area contributed by atoms with Gasteiger partial charge >= 0.3 is 5.91 Å². The van der Waals surface area contributed by atoms with Gasteiger partial charge < -0.3 is 9.80 Å². The number of hydrogen-bond donors (Lipinski definition) is 0. The first kappa shape index (κ1) is 12.0. The first-order valence-electron chi connectivity index (χ1n) is 5.47. The number of nitriles is 1. The van der Waals surface area contributed by atoms with Gasteiger partial charge in [0.05, 0.1) is 0 Å². The fourth-order valence-electron chi connectivity index (χ4n) is 1.91. The highest BCUT2D eigenvalue weighted by molar-refractivity contribution is 5.90. The van der Waals surface area contributed by atoms with Crippen molar-refractivity contribution in [2.24, 2.45) is 5.92 Å². The molecule has 1 amide bonds. The summed E-state index contributed by atoms with van der Waals surface area (Å²) in [4.78, 5) is 14.8. The Morgan fingerprint density at radius 1 is 1.53 bits per heavy atom. The van der Waals surface area contributed by atoms with E-state index in [4.69, 9.17) is 5.26 Å². The predicted octanol–water partition coefficient (Wildman–Crippen LogP) is 0.700. The van der Waals surface area contributed by atoms with E-state index >= 15 is 0 Å². The molecule has 0 spiro atoms. The molecule has 0 aliphatic carbocycles.